The first-order chi connectivity index (χ1) is 16.8. The number of amides is 1. The minimum absolute atomic E-state index is 0. The van der Waals surface area contributed by atoms with Crippen molar-refractivity contribution in [3.63, 3.8) is 0 Å². The largest absolute Gasteiger partial charge is 1.00 e. The Morgan fingerprint density at radius 3 is 2.22 bits per heavy atom. The van der Waals surface area contributed by atoms with Gasteiger partial charge in [-0.15, -0.1) is 0 Å². The van der Waals surface area contributed by atoms with Crippen molar-refractivity contribution in [2.45, 2.75) is 4.90 Å². The monoisotopic (exact) mass is 633 g/mol. The van der Waals surface area contributed by atoms with E-state index in [-0.39, 0.29) is 47.9 Å². The predicted octanol–water partition coefficient (Wildman–Crippen LogP) is 1.14. The number of nitrogens with zero attached hydrogens (tertiary/aromatic N) is 3. The maximum atomic E-state index is 13.2. The van der Waals surface area contributed by atoms with Gasteiger partial charge in [0.05, 0.1) is 4.90 Å². The Morgan fingerprint density at radius 2 is 1.53 bits per heavy atom. The third-order valence-corrected chi connectivity index (χ3v) is 8.47. The summed E-state index contributed by atoms with van der Waals surface area (Å²) in [5.74, 6) is -0.0881. The Bertz CT molecular complexity index is 1520. The van der Waals surface area contributed by atoms with Gasteiger partial charge in [-0.1, -0.05) is 35.9 Å². The van der Waals surface area contributed by atoms with Crippen LogP contribution in [0.2, 0.25) is 5.02 Å². The van der Waals surface area contributed by atoms with Crippen LogP contribution < -0.4 is 28.5 Å². The highest BCUT2D eigenvalue weighted by molar-refractivity contribution is 7.89. The van der Waals surface area contributed by atoms with Crippen LogP contribution in [0.15, 0.2) is 90.1 Å². The second-order valence-electron chi connectivity index (χ2n) is 8.69. The van der Waals surface area contributed by atoms with Crippen molar-refractivity contribution >= 4 is 38.3 Å². The molecule has 1 aromatic heterocycles. The molecule has 1 aliphatic heterocycles. The molecule has 0 N–H and O–H groups in total. The number of pyridine rings is 1. The van der Waals surface area contributed by atoms with Crippen molar-refractivity contribution in [2.75, 3.05) is 26.2 Å². The Morgan fingerprint density at radius 1 is 0.861 bits per heavy atom. The fraction of sp³-hybridized carbons (Fsp3) is 0.185. The van der Waals surface area contributed by atoms with Crippen molar-refractivity contribution in [1.82, 2.24) is 9.21 Å². The van der Waals surface area contributed by atoms with Crippen LogP contribution in [0.4, 0.5) is 0 Å². The fourth-order valence-electron chi connectivity index (χ4n) is 4.38. The van der Waals surface area contributed by atoms with Crippen molar-refractivity contribution in [3.05, 3.63) is 95.8 Å². The average molecular weight is 634 g/mol. The first-order valence-corrected chi connectivity index (χ1v) is 13.2. The number of rotatable bonds is 4. The highest BCUT2D eigenvalue weighted by Gasteiger charge is 2.30. The zero-order chi connectivity index (χ0) is 24.6. The molecule has 2 heterocycles. The molecule has 6 nitrogen and oxygen atoms in total. The van der Waals surface area contributed by atoms with Crippen LogP contribution in [0.3, 0.4) is 0 Å². The SMILES string of the molecule is C[n+]1cccc(-c2ccc(C(=O)N3CCN(S(=O)(=O)c4ccc5cc(Cl)ccc5c4)CC3)cc2)c1.[I-]. The summed E-state index contributed by atoms with van der Waals surface area (Å²) in [5.41, 5.74) is 2.70. The number of carbonyl (C=O) groups is 1. The van der Waals surface area contributed by atoms with Crippen LogP contribution in [0.25, 0.3) is 21.9 Å². The summed E-state index contributed by atoms with van der Waals surface area (Å²) in [5, 5.41) is 2.31. The van der Waals surface area contributed by atoms with Gasteiger partial charge in [0, 0.05) is 48.4 Å². The lowest BCUT2D eigenvalue weighted by Crippen LogP contribution is -3.00. The molecule has 5 rings (SSSR count). The first-order valence-electron chi connectivity index (χ1n) is 11.4. The normalized spacial score (nSPS) is 14.4. The first kappa shape index (κ1) is 26.5. The van der Waals surface area contributed by atoms with E-state index in [0.29, 0.717) is 23.7 Å². The summed E-state index contributed by atoms with van der Waals surface area (Å²) in [7, 11) is -1.69. The van der Waals surface area contributed by atoms with E-state index in [1.54, 1.807) is 29.2 Å². The molecule has 1 amide bonds. The summed E-state index contributed by atoms with van der Waals surface area (Å²) < 4.78 is 29.9. The molecule has 3 aromatic carbocycles. The van der Waals surface area contributed by atoms with Crippen LogP contribution in [0, 0.1) is 0 Å². The second-order valence-corrected chi connectivity index (χ2v) is 11.1. The van der Waals surface area contributed by atoms with E-state index in [9.17, 15) is 13.2 Å². The predicted molar refractivity (Wildman–Crippen MR) is 137 cm³/mol. The number of carbonyl (C=O) groups excluding carboxylic acids is 1. The molecule has 4 aromatic rings. The zero-order valence-electron chi connectivity index (χ0n) is 19.6. The summed E-state index contributed by atoms with van der Waals surface area (Å²) in [6, 6.07) is 22.0. The molecular weight excluding hydrogens is 609 g/mol. The minimum atomic E-state index is -3.66. The Kier molecular flexibility index (Phi) is 7.99. The number of piperazine rings is 1. The lowest BCUT2D eigenvalue weighted by molar-refractivity contribution is -0.671. The molecule has 186 valence electrons. The van der Waals surface area contributed by atoms with E-state index in [1.165, 1.54) is 4.31 Å². The maximum Gasteiger partial charge on any atom is 0.253 e. The van der Waals surface area contributed by atoms with Gasteiger partial charge in [-0.2, -0.15) is 4.31 Å². The van der Waals surface area contributed by atoms with Crippen LogP contribution >= 0.6 is 11.6 Å². The Balaban J connectivity index is 0.00000304. The van der Waals surface area contributed by atoms with Crippen LogP contribution in [0.1, 0.15) is 10.4 Å². The summed E-state index contributed by atoms with van der Waals surface area (Å²) in [4.78, 5) is 15.0. The molecule has 36 heavy (non-hydrogen) atoms. The third-order valence-electron chi connectivity index (χ3n) is 6.34. The standard InChI is InChI=1S/C27H25ClN3O3S.HI/c1-29-12-2-3-24(19-29)20-4-6-21(7-5-20)27(32)30-13-15-31(16-14-30)35(33,34)26-11-9-22-17-25(28)10-8-23(22)18-26;/h2-12,17-19H,13-16H2,1H3;1H/q+1;/p-1. The van der Waals surface area contributed by atoms with Crippen LogP contribution in [-0.4, -0.2) is 49.7 Å². The van der Waals surface area contributed by atoms with E-state index < -0.39 is 10.0 Å². The van der Waals surface area contributed by atoms with Gasteiger partial charge in [0.25, 0.3) is 5.91 Å². The molecule has 0 saturated carbocycles. The Hall–Kier alpha value is -2.53. The Labute approximate surface area is 233 Å². The zero-order valence-corrected chi connectivity index (χ0v) is 23.4. The number of fused-ring (bicyclic) bond motifs is 1. The van der Waals surface area contributed by atoms with Crippen LogP contribution in [-0.2, 0) is 17.1 Å². The molecule has 1 saturated heterocycles. The highest BCUT2D eigenvalue weighted by Crippen LogP contribution is 2.25. The number of halogens is 2. The highest BCUT2D eigenvalue weighted by atomic mass is 127. The van der Waals surface area contributed by atoms with Crippen molar-refractivity contribution in [2.24, 2.45) is 7.05 Å². The number of benzene rings is 3. The van der Waals surface area contributed by atoms with Gasteiger partial charge in [0.2, 0.25) is 10.0 Å². The van der Waals surface area contributed by atoms with Gasteiger partial charge in [-0.3, -0.25) is 4.79 Å². The fourth-order valence-corrected chi connectivity index (χ4v) is 6.02. The maximum absolute atomic E-state index is 13.2. The average Bonchev–Trinajstić information content (AvgIpc) is 2.88. The van der Waals surface area contributed by atoms with Gasteiger partial charge in [-0.25, -0.2) is 13.0 Å². The smallest absolute Gasteiger partial charge is 0.253 e. The molecule has 0 atom stereocenters. The topological polar surface area (TPSA) is 61.6 Å². The lowest BCUT2D eigenvalue weighted by Gasteiger charge is -2.34. The van der Waals surface area contributed by atoms with Gasteiger partial charge >= 0.3 is 0 Å². The van der Waals surface area contributed by atoms with E-state index >= 15 is 0 Å². The van der Waals surface area contributed by atoms with Gasteiger partial charge in [0.15, 0.2) is 12.4 Å². The molecule has 0 aliphatic carbocycles. The summed E-state index contributed by atoms with van der Waals surface area (Å²) in [6.07, 6.45) is 4.00. The minimum Gasteiger partial charge on any atom is -1.00 e. The van der Waals surface area contributed by atoms with E-state index in [2.05, 4.69) is 0 Å². The summed E-state index contributed by atoms with van der Waals surface area (Å²) >= 11 is 6.04. The van der Waals surface area contributed by atoms with Gasteiger partial charge < -0.3 is 28.9 Å². The van der Waals surface area contributed by atoms with Gasteiger partial charge in [0.1, 0.15) is 7.05 Å². The van der Waals surface area contributed by atoms with Gasteiger partial charge in [-0.05, 0) is 58.8 Å². The number of hydrogen-bond acceptors (Lipinski definition) is 3. The van der Waals surface area contributed by atoms with Crippen molar-refractivity contribution < 1.29 is 41.8 Å². The van der Waals surface area contributed by atoms with Crippen molar-refractivity contribution in [3.8, 4) is 11.1 Å². The number of sulfonamides is 1. The van der Waals surface area contributed by atoms with Crippen LogP contribution in [0.5, 0.6) is 0 Å². The molecule has 0 spiro atoms. The molecule has 0 unspecified atom stereocenters. The number of hydrogen-bond donors (Lipinski definition) is 0. The van der Waals surface area contributed by atoms with E-state index in [0.717, 1.165) is 21.9 Å². The molecule has 0 radical (unpaired) electrons. The third kappa shape index (κ3) is 5.41. The quantitative estimate of drug-likeness (QED) is 0.250. The lowest BCUT2D eigenvalue weighted by atomic mass is 10.0. The van der Waals surface area contributed by atoms with E-state index in [1.807, 2.05) is 72.5 Å². The molecule has 1 aliphatic rings. The number of aromatic nitrogens is 1. The molecule has 9 heteroatoms. The molecular formula is C27H25ClIN3O3S. The molecule has 1 fully saturated rings. The van der Waals surface area contributed by atoms with Crippen molar-refractivity contribution in [1.29, 1.82) is 0 Å². The van der Waals surface area contributed by atoms with E-state index in [4.69, 9.17) is 11.6 Å². The number of aryl methyl sites for hydroxylation is 1. The summed E-state index contributed by atoms with van der Waals surface area (Å²) in [6.45, 7) is 1.20. The molecule has 0 bridgehead atoms. The second kappa shape index (κ2) is 10.8.